The summed E-state index contributed by atoms with van der Waals surface area (Å²) in [5.41, 5.74) is 0.506. The minimum Gasteiger partial charge on any atom is -0.382 e. The van der Waals surface area contributed by atoms with E-state index < -0.39 is 35.7 Å². The lowest BCUT2D eigenvalue weighted by Crippen LogP contribution is -2.69. The van der Waals surface area contributed by atoms with E-state index in [4.69, 9.17) is 42.6 Å². The summed E-state index contributed by atoms with van der Waals surface area (Å²) in [6, 6.07) is 0. The Morgan fingerprint density at radius 3 is 2.33 bits per heavy atom. The Morgan fingerprint density at radius 1 is 1.10 bits per heavy atom. The monoisotopic (exact) mass is 559 g/mol. The number of carbonyl (C=O) groups is 1. The Bertz CT molecular complexity index is 839. The molecule has 0 saturated carbocycles. The van der Waals surface area contributed by atoms with Gasteiger partial charge >= 0.3 is 0 Å². The molecule has 11 nitrogen and oxygen atoms in total. The number of amides is 1. The molecule has 0 spiro atoms. The van der Waals surface area contributed by atoms with Crippen LogP contribution in [0.2, 0.25) is 0 Å². The molecule has 1 amide bonds. The molecule has 0 radical (unpaired) electrons. The summed E-state index contributed by atoms with van der Waals surface area (Å²) in [5, 5.41) is 0. The van der Waals surface area contributed by atoms with Gasteiger partial charge in [-0.05, 0) is 6.92 Å². The van der Waals surface area contributed by atoms with Crippen LogP contribution in [0.25, 0.3) is 0 Å². The van der Waals surface area contributed by atoms with Crippen molar-refractivity contribution in [3.8, 4) is 0 Å². The van der Waals surface area contributed by atoms with Gasteiger partial charge in [-0.25, -0.2) is 0 Å². The Morgan fingerprint density at radius 2 is 1.79 bits per heavy atom. The maximum absolute atomic E-state index is 14.0. The summed E-state index contributed by atoms with van der Waals surface area (Å²) >= 11 is 0. The van der Waals surface area contributed by atoms with Crippen LogP contribution >= 0.6 is 0 Å². The Balaban J connectivity index is 1.89. The van der Waals surface area contributed by atoms with E-state index in [-0.39, 0.29) is 43.0 Å². The molecule has 0 N–H and O–H groups in total. The van der Waals surface area contributed by atoms with Gasteiger partial charge in [0.05, 0.1) is 31.0 Å². The number of hydrogen-bond acceptors (Lipinski definition) is 10. The summed E-state index contributed by atoms with van der Waals surface area (Å²) in [6.07, 6.45) is -3.08. The molecule has 3 aliphatic rings. The van der Waals surface area contributed by atoms with Gasteiger partial charge in [0, 0.05) is 66.8 Å². The Labute approximate surface area is 233 Å². The first-order valence-electron chi connectivity index (χ1n) is 13.6. The number of fused-ring (bicyclic) bond motifs is 1. The molecule has 226 valence electrons. The fourth-order valence-corrected chi connectivity index (χ4v) is 6.13. The van der Waals surface area contributed by atoms with E-state index >= 15 is 0 Å². The third kappa shape index (κ3) is 6.22. The molecular weight excluding hydrogens is 510 g/mol. The number of ether oxygens (including phenoxy) is 9. The molecule has 11 heteroatoms. The van der Waals surface area contributed by atoms with Crippen molar-refractivity contribution in [3.05, 3.63) is 12.2 Å². The molecule has 39 heavy (non-hydrogen) atoms. The molecule has 3 fully saturated rings. The third-order valence-electron chi connectivity index (χ3n) is 8.85. The van der Waals surface area contributed by atoms with E-state index in [1.165, 1.54) is 19.1 Å². The number of methoxy groups -OCH3 is 5. The van der Waals surface area contributed by atoms with Gasteiger partial charge in [-0.2, -0.15) is 0 Å². The molecule has 3 heterocycles. The maximum atomic E-state index is 14.0. The van der Waals surface area contributed by atoms with Crippen LogP contribution in [0.3, 0.4) is 0 Å². The van der Waals surface area contributed by atoms with Gasteiger partial charge in [0.25, 0.3) is 5.91 Å². The standard InChI is InChI=1S/C28H49NO10/c1-16-13-28(35-11,39-18(3)17(16)2)24(34-10)25(30)29(6)26-22-21(36-15-37-26)23(33-9)27(4,5)20(38-22)12-19(32-8)14-31-7/h17-24,26H,1,12-15H2,2-11H3/t17-,18-,19+,20-,21+,22?,23?,24?,26+,28?/m1/s1. The number of rotatable bonds is 11. The molecule has 10 atom stereocenters. The summed E-state index contributed by atoms with van der Waals surface area (Å²) in [4.78, 5) is 15.5. The first-order chi connectivity index (χ1) is 18.4. The highest BCUT2D eigenvalue weighted by atomic mass is 16.7. The molecule has 0 aliphatic carbocycles. The van der Waals surface area contributed by atoms with Crippen LogP contribution in [0.15, 0.2) is 12.2 Å². The van der Waals surface area contributed by atoms with Crippen molar-refractivity contribution < 1.29 is 47.4 Å². The maximum Gasteiger partial charge on any atom is 0.259 e. The van der Waals surface area contributed by atoms with Gasteiger partial charge in [-0.3, -0.25) is 4.79 Å². The van der Waals surface area contributed by atoms with Gasteiger partial charge in [0.15, 0.2) is 12.3 Å². The lowest BCUT2D eigenvalue weighted by atomic mass is 9.72. The fourth-order valence-electron chi connectivity index (χ4n) is 6.13. The van der Waals surface area contributed by atoms with Crippen LogP contribution < -0.4 is 0 Å². The van der Waals surface area contributed by atoms with Crippen LogP contribution in [0.5, 0.6) is 0 Å². The molecule has 0 aromatic rings. The highest BCUT2D eigenvalue weighted by molar-refractivity contribution is 5.82. The van der Waals surface area contributed by atoms with Crippen LogP contribution in [0, 0.1) is 11.3 Å². The molecule has 3 rings (SSSR count). The quantitative estimate of drug-likeness (QED) is 0.351. The van der Waals surface area contributed by atoms with Crippen molar-refractivity contribution in [2.75, 3.05) is 56.0 Å². The van der Waals surface area contributed by atoms with E-state index in [0.29, 0.717) is 19.4 Å². The van der Waals surface area contributed by atoms with Crippen molar-refractivity contribution in [2.45, 2.75) is 95.3 Å². The topological polar surface area (TPSA) is 103 Å². The van der Waals surface area contributed by atoms with E-state index in [2.05, 4.69) is 20.4 Å². The minimum atomic E-state index is -1.33. The van der Waals surface area contributed by atoms with Gasteiger partial charge in [-0.15, -0.1) is 0 Å². The molecule has 0 aromatic heterocycles. The Kier molecular flexibility index (Phi) is 11.0. The lowest BCUT2D eigenvalue weighted by molar-refractivity contribution is -0.347. The smallest absolute Gasteiger partial charge is 0.259 e. The van der Waals surface area contributed by atoms with E-state index in [1.54, 1.807) is 28.4 Å². The summed E-state index contributed by atoms with van der Waals surface area (Å²) in [7, 11) is 9.60. The molecule has 3 saturated heterocycles. The fraction of sp³-hybridized carbons (Fsp3) is 0.893. The number of nitrogens with zero attached hydrogens (tertiary/aromatic N) is 1. The van der Waals surface area contributed by atoms with Crippen LogP contribution in [-0.2, 0) is 47.4 Å². The molecule has 4 unspecified atom stereocenters. The van der Waals surface area contributed by atoms with Crippen LogP contribution in [0.4, 0.5) is 0 Å². The first kappa shape index (κ1) is 32.4. The summed E-state index contributed by atoms with van der Waals surface area (Å²) in [6.45, 7) is 12.8. The van der Waals surface area contributed by atoms with Crippen molar-refractivity contribution in [1.29, 1.82) is 0 Å². The van der Waals surface area contributed by atoms with E-state index in [9.17, 15) is 4.79 Å². The zero-order valence-electron chi connectivity index (χ0n) is 25.3. The SMILES string of the molecule is C=C1CC(OC)(C(OC)C(=O)N(C)[C@H]2OCO[C@H]3C2O[C@H](C[C@@H](COC)OC)C(C)(C)C3OC)O[C@H](C)[C@@H]1C. The minimum absolute atomic E-state index is 0.0211. The average Bonchev–Trinajstić information content (AvgIpc) is 2.91. The van der Waals surface area contributed by atoms with Gasteiger partial charge < -0.3 is 47.5 Å². The van der Waals surface area contributed by atoms with E-state index in [0.717, 1.165) is 5.57 Å². The zero-order chi connectivity index (χ0) is 29.1. The third-order valence-corrected chi connectivity index (χ3v) is 8.85. The van der Waals surface area contributed by atoms with Gasteiger partial charge in [0.1, 0.15) is 19.0 Å². The molecular formula is C28H49NO10. The predicted molar refractivity (Wildman–Crippen MR) is 142 cm³/mol. The van der Waals surface area contributed by atoms with Crippen molar-refractivity contribution in [2.24, 2.45) is 11.3 Å². The first-order valence-corrected chi connectivity index (χ1v) is 13.6. The van der Waals surface area contributed by atoms with Crippen LogP contribution in [0.1, 0.15) is 40.5 Å². The number of carbonyl (C=O) groups excluding carboxylic acids is 1. The van der Waals surface area contributed by atoms with Gasteiger partial charge in [0.2, 0.25) is 5.79 Å². The average molecular weight is 560 g/mol. The second kappa shape index (κ2) is 13.2. The normalized spacial score (nSPS) is 38.1. The van der Waals surface area contributed by atoms with E-state index in [1.807, 2.05) is 13.8 Å². The lowest BCUT2D eigenvalue weighted by Gasteiger charge is -2.55. The Hall–Kier alpha value is -1.15. The highest BCUT2D eigenvalue weighted by Crippen LogP contribution is 2.45. The highest BCUT2D eigenvalue weighted by Gasteiger charge is 2.58. The predicted octanol–water partition coefficient (Wildman–Crippen LogP) is 2.36. The summed E-state index contributed by atoms with van der Waals surface area (Å²) in [5.74, 6) is -1.58. The second-order valence-corrected chi connectivity index (χ2v) is 11.4. The number of likely N-dealkylation sites (N-methyl/N-ethyl adjacent to an activating group) is 1. The second-order valence-electron chi connectivity index (χ2n) is 11.4. The van der Waals surface area contributed by atoms with Crippen molar-refractivity contribution in [3.63, 3.8) is 0 Å². The van der Waals surface area contributed by atoms with Gasteiger partial charge in [-0.1, -0.05) is 32.9 Å². The van der Waals surface area contributed by atoms with Crippen molar-refractivity contribution >= 4 is 5.91 Å². The molecule has 0 aromatic carbocycles. The largest absolute Gasteiger partial charge is 0.382 e. The summed E-state index contributed by atoms with van der Waals surface area (Å²) < 4.78 is 53.6. The number of hydrogen-bond donors (Lipinski definition) is 0. The zero-order valence-corrected chi connectivity index (χ0v) is 25.3. The van der Waals surface area contributed by atoms with Crippen molar-refractivity contribution in [1.82, 2.24) is 4.90 Å². The molecule has 3 aliphatic heterocycles. The van der Waals surface area contributed by atoms with Crippen LogP contribution in [-0.4, -0.2) is 122 Å². The molecule has 0 bridgehead atoms.